The molecule has 0 saturated carbocycles. The second kappa shape index (κ2) is 9.66. The zero-order chi connectivity index (χ0) is 21.7. The number of aromatic nitrogens is 1. The first-order chi connectivity index (χ1) is 13.4. The minimum Gasteiger partial charge on any atom is -0.490 e. The van der Waals surface area contributed by atoms with Crippen molar-refractivity contribution in [1.82, 2.24) is 9.88 Å². The topological polar surface area (TPSA) is 51.7 Å². The second-order valence-electron chi connectivity index (χ2n) is 9.42. The van der Waals surface area contributed by atoms with E-state index in [0.717, 1.165) is 18.4 Å². The molecule has 0 unspecified atom stereocenters. The third-order valence-corrected chi connectivity index (χ3v) is 4.59. The molecule has 0 spiro atoms. The van der Waals surface area contributed by atoms with Crippen LogP contribution in [0.15, 0.2) is 30.5 Å². The molecule has 1 aliphatic rings. The van der Waals surface area contributed by atoms with Crippen LogP contribution < -0.4 is 4.74 Å². The number of carbonyl (C=O) groups excluding carboxylic acids is 1. The van der Waals surface area contributed by atoms with E-state index >= 15 is 0 Å². The fourth-order valence-corrected chi connectivity index (χ4v) is 3.07. The Morgan fingerprint density at radius 2 is 2.00 bits per heavy atom. The van der Waals surface area contributed by atoms with E-state index in [4.69, 9.17) is 21.1 Å². The lowest BCUT2D eigenvalue weighted by atomic mass is 9.96. The molecule has 1 aromatic heterocycles. The third-order valence-electron chi connectivity index (χ3n) is 4.27. The number of halogens is 1. The Labute approximate surface area is 179 Å². The molecule has 0 aliphatic carbocycles. The summed E-state index contributed by atoms with van der Waals surface area (Å²) in [5.41, 5.74) is 0.408. The van der Waals surface area contributed by atoms with Gasteiger partial charge in [0.05, 0.1) is 12.2 Å². The number of carbonyl (C=O) groups is 1. The van der Waals surface area contributed by atoms with Crippen LogP contribution in [0.25, 0.3) is 6.08 Å². The third kappa shape index (κ3) is 8.09. The molecule has 1 aromatic rings. The molecular formula is C23H33ClN2O3. The Bertz CT molecular complexity index is 760. The van der Waals surface area contributed by atoms with Crippen molar-refractivity contribution >= 4 is 23.8 Å². The first kappa shape index (κ1) is 23.3. The van der Waals surface area contributed by atoms with Crippen LogP contribution in [-0.4, -0.2) is 40.8 Å². The highest BCUT2D eigenvalue weighted by Crippen LogP contribution is 2.24. The van der Waals surface area contributed by atoms with Crippen molar-refractivity contribution in [2.75, 3.05) is 13.2 Å². The van der Waals surface area contributed by atoms with Crippen molar-refractivity contribution in [3.8, 4) is 5.75 Å². The number of amides is 1. The second-order valence-corrected chi connectivity index (χ2v) is 9.77. The SMILES string of the molecule is CC(C)(C)C=CC=Cc1cc(OC[C@@H]2CCCN2C(=O)OC(C)(C)C)cnc1Cl. The Morgan fingerprint density at radius 1 is 1.28 bits per heavy atom. The quantitative estimate of drug-likeness (QED) is 0.424. The molecule has 1 amide bonds. The molecule has 1 aliphatic heterocycles. The number of hydrogen-bond donors (Lipinski definition) is 0. The van der Waals surface area contributed by atoms with Crippen LogP contribution in [0.5, 0.6) is 5.75 Å². The molecule has 2 rings (SSSR count). The number of likely N-dealkylation sites (tertiary alicyclic amines) is 1. The summed E-state index contributed by atoms with van der Waals surface area (Å²) in [6.07, 6.45) is 11.1. The van der Waals surface area contributed by atoms with Crippen molar-refractivity contribution in [3.05, 3.63) is 41.2 Å². The van der Waals surface area contributed by atoms with Gasteiger partial charge >= 0.3 is 6.09 Å². The van der Waals surface area contributed by atoms with E-state index in [9.17, 15) is 4.79 Å². The van der Waals surface area contributed by atoms with Crippen LogP contribution in [0.2, 0.25) is 5.15 Å². The van der Waals surface area contributed by atoms with Gasteiger partial charge in [-0.15, -0.1) is 0 Å². The van der Waals surface area contributed by atoms with Gasteiger partial charge in [0.1, 0.15) is 23.1 Å². The maximum atomic E-state index is 12.4. The van der Waals surface area contributed by atoms with Crippen LogP contribution >= 0.6 is 11.6 Å². The average molecular weight is 421 g/mol. The standard InChI is InChI=1S/C23H33ClN2O3/c1-22(2,3)12-8-7-10-17-14-19(15-25-20(17)24)28-16-18-11-9-13-26(18)21(27)29-23(4,5)6/h7-8,10,12,14-15,18H,9,11,13,16H2,1-6H3/t18-/m0/s1. The minimum absolute atomic E-state index is 0.00533. The molecular weight excluding hydrogens is 388 g/mol. The van der Waals surface area contributed by atoms with E-state index < -0.39 is 5.60 Å². The van der Waals surface area contributed by atoms with Crippen molar-refractivity contribution in [1.29, 1.82) is 0 Å². The monoisotopic (exact) mass is 420 g/mol. The molecule has 0 aromatic carbocycles. The molecule has 0 N–H and O–H groups in total. The van der Waals surface area contributed by atoms with Gasteiger partial charge in [0, 0.05) is 12.1 Å². The zero-order valence-corrected chi connectivity index (χ0v) is 19.1. The Hall–Kier alpha value is -2.01. The molecule has 1 atom stereocenters. The highest BCUT2D eigenvalue weighted by atomic mass is 35.5. The van der Waals surface area contributed by atoms with E-state index in [2.05, 4.69) is 31.8 Å². The van der Waals surface area contributed by atoms with Gasteiger partial charge in [-0.1, -0.05) is 56.7 Å². The van der Waals surface area contributed by atoms with Gasteiger partial charge in [0.2, 0.25) is 0 Å². The van der Waals surface area contributed by atoms with Gasteiger partial charge in [-0.2, -0.15) is 0 Å². The minimum atomic E-state index is -0.506. The van der Waals surface area contributed by atoms with E-state index in [1.807, 2.05) is 45.1 Å². The number of nitrogens with zero attached hydrogens (tertiary/aromatic N) is 2. The highest BCUT2D eigenvalue weighted by molar-refractivity contribution is 6.30. The van der Waals surface area contributed by atoms with Crippen LogP contribution in [-0.2, 0) is 4.74 Å². The Balaban J connectivity index is 1.99. The van der Waals surface area contributed by atoms with Gasteiger partial charge < -0.3 is 14.4 Å². The Morgan fingerprint density at radius 3 is 2.66 bits per heavy atom. The smallest absolute Gasteiger partial charge is 0.410 e. The van der Waals surface area contributed by atoms with E-state index in [1.165, 1.54) is 0 Å². The van der Waals surface area contributed by atoms with Crippen LogP contribution in [0.1, 0.15) is 59.9 Å². The molecule has 1 saturated heterocycles. The lowest BCUT2D eigenvalue weighted by Gasteiger charge is -2.28. The van der Waals surface area contributed by atoms with Crippen LogP contribution in [0.4, 0.5) is 4.79 Å². The van der Waals surface area contributed by atoms with Crippen molar-refractivity contribution < 1.29 is 14.3 Å². The van der Waals surface area contributed by atoms with Crippen LogP contribution in [0, 0.1) is 5.41 Å². The van der Waals surface area contributed by atoms with Crippen molar-refractivity contribution in [2.45, 2.75) is 66.0 Å². The highest BCUT2D eigenvalue weighted by Gasteiger charge is 2.32. The summed E-state index contributed by atoms with van der Waals surface area (Å²) in [7, 11) is 0. The fraction of sp³-hybridized carbons (Fsp3) is 0.565. The molecule has 2 heterocycles. The summed E-state index contributed by atoms with van der Waals surface area (Å²) >= 11 is 6.21. The molecule has 1 fully saturated rings. The summed E-state index contributed by atoms with van der Waals surface area (Å²) in [6.45, 7) is 13.1. The molecule has 0 bridgehead atoms. The predicted molar refractivity (Wildman–Crippen MR) is 118 cm³/mol. The summed E-state index contributed by atoms with van der Waals surface area (Å²) in [4.78, 5) is 18.4. The zero-order valence-electron chi connectivity index (χ0n) is 18.4. The fourth-order valence-electron chi connectivity index (χ4n) is 2.91. The van der Waals surface area contributed by atoms with Gasteiger partial charge in [-0.05, 0) is 45.1 Å². The maximum Gasteiger partial charge on any atom is 0.410 e. The van der Waals surface area contributed by atoms with Gasteiger partial charge in [-0.3, -0.25) is 0 Å². The van der Waals surface area contributed by atoms with Crippen molar-refractivity contribution in [2.24, 2.45) is 5.41 Å². The summed E-state index contributed by atoms with van der Waals surface area (Å²) < 4.78 is 11.4. The van der Waals surface area contributed by atoms with Gasteiger partial charge in [0.25, 0.3) is 0 Å². The lowest BCUT2D eigenvalue weighted by molar-refractivity contribution is 0.0187. The van der Waals surface area contributed by atoms with E-state index in [1.54, 1.807) is 11.1 Å². The summed E-state index contributed by atoms with van der Waals surface area (Å²) in [5, 5.41) is 0.425. The van der Waals surface area contributed by atoms with Crippen molar-refractivity contribution in [3.63, 3.8) is 0 Å². The number of pyridine rings is 1. The maximum absolute atomic E-state index is 12.4. The number of hydrogen-bond acceptors (Lipinski definition) is 4. The van der Waals surface area contributed by atoms with Gasteiger partial charge in [-0.25, -0.2) is 9.78 Å². The summed E-state index contributed by atoms with van der Waals surface area (Å²) in [5.74, 6) is 0.630. The predicted octanol–water partition coefficient (Wildman–Crippen LogP) is 6.13. The lowest BCUT2D eigenvalue weighted by Crippen LogP contribution is -2.42. The first-order valence-corrected chi connectivity index (χ1v) is 10.5. The normalized spacial score (nSPS) is 18.0. The molecule has 5 nitrogen and oxygen atoms in total. The molecule has 0 radical (unpaired) electrons. The molecule has 29 heavy (non-hydrogen) atoms. The molecule has 6 heteroatoms. The first-order valence-electron chi connectivity index (χ1n) is 10.1. The van der Waals surface area contributed by atoms with E-state index in [-0.39, 0.29) is 17.6 Å². The Kier molecular flexibility index (Phi) is 7.75. The average Bonchev–Trinajstić information content (AvgIpc) is 3.05. The van der Waals surface area contributed by atoms with Gasteiger partial charge in [0.15, 0.2) is 0 Å². The molecule has 160 valence electrons. The number of rotatable bonds is 5. The number of ether oxygens (including phenoxy) is 2. The van der Waals surface area contributed by atoms with Crippen LogP contribution in [0.3, 0.4) is 0 Å². The largest absolute Gasteiger partial charge is 0.490 e. The summed E-state index contributed by atoms with van der Waals surface area (Å²) in [6, 6.07) is 1.86. The number of allylic oxidation sites excluding steroid dienone is 3. The van der Waals surface area contributed by atoms with E-state index in [0.29, 0.717) is 24.1 Å².